The van der Waals surface area contributed by atoms with Crippen LogP contribution in [0.5, 0.6) is 5.75 Å². The molecule has 15 heavy (non-hydrogen) atoms. The maximum absolute atomic E-state index is 10.4. The van der Waals surface area contributed by atoms with Gasteiger partial charge in [0.2, 0.25) is 5.91 Å². The molecule has 0 heterocycles. The van der Waals surface area contributed by atoms with E-state index in [1.54, 1.807) is 7.11 Å². The zero-order chi connectivity index (χ0) is 11.1. The van der Waals surface area contributed by atoms with Gasteiger partial charge in [-0.2, -0.15) is 0 Å². The Morgan fingerprint density at radius 2 is 2.33 bits per heavy atom. The minimum Gasteiger partial charge on any atom is -0.497 e. The molecule has 1 aromatic rings. The van der Waals surface area contributed by atoms with Crippen molar-refractivity contribution in [2.24, 2.45) is 0 Å². The van der Waals surface area contributed by atoms with Crippen LogP contribution in [-0.4, -0.2) is 19.6 Å². The van der Waals surface area contributed by atoms with Crippen molar-refractivity contribution in [2.75, 3.05) is 19.0 Å². The molecule has 4 heteroatoms. The summed E-state index contributed by atoms with van der Waals surface area (Å²) in [5.74, 6) is 0.291. The Labute approximate surface area is 89.4 Å². The Hall–Kier alpha value is -1.71. The molecule has 0 spiro atoms. The highest BCUT2D eigenvalue weighted by molar-refractivity contribution is 5.72. The summed E-state index contributed by atoms with van der Waals surface area (Å²) in [4.78, 5) is 10.4. The fourth-order valence-corrected chi connectivity index (χ4v) is 1.21. The SMILES string of the molecule is COc1cccc(NCCCC([NH])=O)c1. The zero-order valence-corrected chi connectivity index (χ0v) is 8.75. The highest BCUT2D eigenvalue weighted by atomic mass is 16.5. The summed E-state index contributed by atoms with van der Waals surface area (Å²) in [6.07, 6.45) is 0.983. The van der Waals surface area contributed by atoms with Crippen LogP contribution in [0.3, 0.4) is 0 Å². The van der Waals surface area contributed by atoms with Crippen LogP contribution >= 0.6 is 0 Å². The fraction of sp³-hybridized carbons (Fsp3) is 0.364. The molecule has 0 saturated heterocycles. The van der Waals surface area contributed by atoms with Crippen LogP contribution in [0.1, 0.15) is 12.8 Å². The van der Waals surface area contributed by atoms with Gasteiger partial charge in [0.15, 0.2) is 0 Å². The molecular formula is C11H15N2O2. The minimum absolute atomic E-state index is 0.303. The largest absolute Gasteiger partial charge is 0.497 e. The van der Waals surface area contributed by atoms with E-state index in [4.69, 9.17) is 10.5 Å². The predicted molar refractivity (Wildman–Crippen MR) is 58.8 cm³/mol. The second-order valence-corrected chi connectivity index (χ2v) is 3.19. The highest BCUT2D eigenvalue weighted by Gasteiger charge is 1.96. The summed E-state index contributed by atoms with van der Waals surface area (Å²) >= 11 is 0. The number of hydrogen-bond donors (Lipinski definition) is 1. The molecule has 0 saturated carbocycles. The Morgan fingerprint density at radius 3 is 3.00 bits per heavy atom. The smallest absolute Gasteiger partial charge is 0.238 e. The molecule has 0 aliphatic heterocycles. The normalized spacial score (nSPS) is 9.67. The summed E-state index contributed by atoms with van der Waals surface area (Å²) in [6, 6.07) is 7.60. The monoisotopic (exact) mass is 207 g/mol. The van der Waals surface area contributed by atoms with Gasteiger partial charge >= 0.3 is 0 Å². The van der Waals surface area contributed by atoms with E-state index in [9.17, 15) is 4.79 Å². The lowest BCUT2D eigenvalue weighted by Crippen LogP contribution is -2.05. The van der Waals surface area contributed by atoms with E-state index in [1.165, 1.54) is 0 Å². The molecule has 1 aromatic carbocycles. The molecule has 2 N–H and O–H groups in total. The maximum Gasteiger partial charge on any atom is 0.238 e. The van der Waals surface area contributed by atoms with Crippen molar-refractivity contribution in [3.05, 3.63) is 24.3 Å². The summed E-state index contributed by atoms with van der Waals surface area (Å²) in [5.41, 5.74) is 7.70. The van der Waals surface area contributed by atoms with Crippen LogP contribution in [0, 0.1) is 0 Å². The van der Waals surface area contributed by atoms with Crippen molar-refractivity contribution in [2.45, 2.75) is 12.8 Å². The number of hydrogen-bond acceptors (Lipinski definition) is 3. The maximum atomic E-state index is 10.4. The Kier molecular flexibility index (Phi) is 4.47. The van der Waals surface area contributed by atoms with Gasteiger partial charge in [-0.15, -0.1) is 0 Å². The van der Waals surface area contributed by atoms with E-state index < -0.39 is 5.91 Å². The number of benzene rings is 1. The number of amides is 1. The first-order valence-corrected chi connectivity index (χ1v) is 4.84. The summed E-state index contributed by atoms with van der Waals surface area (Å²) in [5, 5.41) is 3.16. The third-order valence-corrected chi connectivity index (χ3v) is 1.98. The average molecular weight is 207 g/mol. The number of carbonyl (C=O) groups is 1. The van der Waals surface area contributed by atoms with Gasteiger partial charge in [0.25, 0.3) is 0 Å². The molecule has 0 atom stereocenters. The van der Waals surface area contributed by atoms with Crippen LogP contribution in [0.2, 0.25) is 0 Å². The van der Waals surface area contributed by atoms with Crippen molar-refractivity contribution in [3.63, 3.8) is 0 Å². The van der Waals surface area contributed by atoms with Gasteiger partial charge < -0.3 is 10.1 Å². The van der Waals surface area contributed by atoms with E-state index in [0.29, 0.717) is 19.4 Å². The lowest BCUT2D eigenvalue weighted by atomic mass is 10.2. The zero-order valence-electron chi connectivity index (χ0n) is 8.75. The van der Waals surface area contributed by atoms with Crippen molar-refractivity contribution in [1.29, 1.82) is 0 Å². The molecule has 0 bridgehead atoms. The third-order valence-electron chi connectivity index (χ3n) is 1.98. The lowest BCUT2D eigenvalue weighted by molar-refractivity contribution is -0.118. The quantitative estimate of drug-likeness (QED) is 0.722. The minimum atomic E-state index is -0.512. The summed E-state index contributed by atoms with van der Waals surface area (Å²) in [7, 11) is 1.62. The summed E-state index contributed by atoms with van der Waals surface area (Å²) in [6.45, 7) is 0.692. The van der Waals surface area contributed by atoms with Gasteiger partial charge in [-0.1, -0.05) is 6.07 Å². The number of methoxy groups -OCH3 is 1. The first kappa shape index (κ1) is 11.4. The predicted octanol–water partition coefficient (Wildman–Crippen LogP) is 1.70. The van der Waals surface area contributed by atoms with Gasteiger partial charge in [0.05, 0.1) is 7.11 Å². The topological polar surface area (TPSA) is 62.1 Å². The van der Waals surface area contributed by atoms with E-state index in [1.807, 2.05) is 24.3 Å². The van der Waals surface area contributed by atoms with Crippen molar-refractivity contribution >= 4 is 11.6 Å². The van der Waals surface area contributed by atoms with Gasteiger partial charge in [-0.25, -0.2) is 0 Å². The fourth-order valence-electron chi connectivity index (χ4n) is 1.21. The Bertz CT molecular complexity index is 326. The van der Waals surface area contributed by atoms with Crippen molar-refractivity contribution in [1.82, 2.24) is 5.73 Å². The van der Waals surface area contributed by atoms with Crippen LogP contribution in [0.25, 0.3) is 0 Å². The Morgan fingerprint density at radius 1 is 1.53 bits per heavy atom. The van der Waals surface area contributed by atoms with Crippen LogP contribution in [0.15, 0.2) is 24.3 Å². The van der Waals surface area contributed by atoms with Crippen LogP contribution in [0.4, 0.5) is 5.69 Å². The molecular weight excluding hydrogens is 192 g/mol. The van der Waals surface area contributed by atoms with E-state index in [-0.39, 0.29) is 0 Å². The first-order chi connectivity index (χ1) is 7.22. The van der Waals surface area contributed by atoms with Crippen molar-refractivity contribution in [3.8, 4) is 5.75 Å². The van der Waals surface area contributed by atoms with E-state index >= 15 is 0 Å². The second kappa shape index (κ2) is 5.90. The first-order valence-electron chi connectivity index (χ1n) is 4.84. The van der Waals surface area contributed by atoms with Gasteiger partial charge in [0, 0.05) is 24.7 Å². The van der Waals surface area contributed by atoms with E-state index in [0.717, 1.165) is 11.4 Å². The molecule has 0 fully saturated rings. The number of rotatable bonds is 6. The molecule has 1 rings (SSSR count). The molecule has 1 amide bonds. The molecule has 0 aliphatic carbocycles. The molecule has 4 nitrogen and oxygen atoms in total. The van der Waals surface area contributed by atoms with Crippen LogP contribution < -0.4 is 15.8 Å². The third kappa shape index (κ3) is 4.35. The number of anilines is 1. The summed E-state index contributed by atoms with van der Waals surface area (Å²) < 4.78 is 5.08. The number of nitrogens with one attached hydrogen (secondary N) is 2. The molecule has 0 aliphatic rings. The van der Waals surface area contributed by atoms with Gasteiger partial charge in [0.1, 0.15) is 5.75 Å². The van der Waals surface area contributed by atoms with Gasteiger partial charge in [-0.3, -0.25) is 10.5 Å². The molecule has 0 aromatic heterocycles. The highest BCUT2D eigenvalue weighted by Crippen LogP contribution is 2.16. The lowest BCUT2D eigenvalue weighted by Gasteiger charge is -2.06. The molecule has 0 unspecified atom stereocenters. The molecule has 81 valence electrons. The van der Waals surface area contributed by atoms with Crippen molar-refractivity contribution < 1.29 is 9.53 Å². The van der Waals surface area contributed by atoms with E-state index in [2.05, 4.69) is 5.32 Å². The Balaban J connectivity index is 2.33. The van der Waals surface area contributed by atoms with Crippen LogP contribution in [-0.2, 0) is 4.79 Å². The number of ether oxygens (including phenoxy) is 1. The van der Waals surface area contributed by atoms with Gasteiger partial charge in [-0.05, 0) is 18.6 Å². The average Bonchev–Trinajstić information content (AvgIpc) is 2.24. The number of carbonyl (C=O) groups excluding carboxylic acids is 1. The standard InChI is InChI=1S/C11H15N2O2/c1-15-10-5-2-4-9(8-10)13-7-3-6-11(12)14/h2,4-5,8,12-13H,3,6-7H2,1H3. The second-order valence-electron chi connectivity index (χ2n) is 3.19. The molecule has 1 radical (unpaired) electrons.